The van der Waals surface area contributed by atoms with E-state index in [0.717, 1.165) is 23.0 Å². The van der Waals surface area contributed by atoms with Gasteiger partial charge in [0.2, 0.25) is 0 Å². The monoisotopic (exact) mass is 428 g/mol. The van der Waals surface area contributed by atoms with Crippen LogP contribution in [0.4, 0.5) is 19.0 Å². The Kier molecular flexibility index (Phi) is 7.55. The van der Waals surface area contributed by atoms with Gasteiger partial charge < -0.3 is 9.64 Å². The molecule has 164 valence electrons. The number of halogens is 3. The zero-order valence-electron chi connectivity index (χ0n) is 17.8. The van der Waals surface area contributed by atoms with E-state index in [9.17, 15) is 13.2 Å². The normalized spacial score (nSPS) is 14.5. The summed E-state index contributed by atoms with van der Waals surface area (Å²) in [6.07, 6.45) is -1.50. The van der Waals surface area contributed by atoms with E-state index in [0.29, 0.717) is 25.9 Å². The van der Waals surface area contributed by atoms with Gasteiger partial charge in [-0.05, 0) is 29.8 Å². The predicted octanol–water partition coefficient (Wildman–Crippen LogP) is 6.84. The van der Waals surface area contributed by atoms with Crippen LogP contribution in [0.25, 0.3) is 11.1 Å². The molecule has 1 saturated heterocycles. The number of hydrogen-bond donors (Lipinski definition) is 0. The van der Waals surface area contributed by atoms with E-state index in [2.05, 4.69) is 9.88 Å². The standard InChI is InChI=1S/C23H21F3N2O.C2H6/c24-23(25,26)20-8-4-5-9-21(20)29-19-12-14-28(15-13-19)22-11-10-18(16-27-22)17-6-2-1-3-7-17;1-2/h1-11,16,19H,12-15H2;1-2H3. The molecule has 1 aromatic heterocycles. The van der Waals surface area contributed by atoms with Crippen LogP contribution in [0, 0.1) is 0 Å². The third-order valence-electron chi connectivity index (χ3n) is 5.11. The molecule has 0 unspecified atom stereocenters. The summed E-state index contributed by atoms with van der Waals surface area (Å²) in [5.41, 5.74) is 1.44. The highest BCUT2D eigenvalue weighted by Gasteiger charge is 2.35. The fourth-order valence-corrected chi connectivity index (χ4v) is 3.56. The molecule has 1 fully saturated rings. The summed E-state index contributed by atoms with van der Waals surface area (Å²) < 4.78 is 45.1. The van der Waals surface area contributed by atoms with Gasteiger partial charge in [-0.1, -0.05) is 56.3 Å². The zero-order chi connectivity index (χ0) is 22.3. The second-order valence-electron chi connectivity index (χ2n) is 7.07. The maximum absolute atomic E-state index is 13.1. The molecule has 3 aromatic rings. The fraction of sp³-hybridized carbons (Fsp3) is 0.320. The number of benzene rings is 2. The molecule has 6 heteroatoms. The van der Waals surface area contributed by atoms with Crippen molar-refractivity contribution in [2.75, 3.05) is 18.0 Å². The van der Waals surface area contributed by atoms with Crippen molar-refractivity contribution in [1.82, 2.24) is 4.98 Å². The lowest BCUT2D eigenvalue weighted by Crippen LogP contribution is -2.38. The first kappa shape index (κ1) is 22.7. The Morgan fingerprint density at radius 2 is 1.48 bits per heavy atom. The first-order chi connectivity index (χ1) is 15.0. The summed E-state index contributed by atoms with van der Waals surface area (Å²) in [6, 6.07) is 19.5. The number of alkyl halides is 3. The number of anilines is 1. The van der Waals surface area contributed by atoms with E-state index in [-0.39, 0.29) is 11.9 Å². The lowest BCUT2D eigenvalue weighted by molar-refractivity contribution is -0.139. The molecule has 31 heavy (non-hydrogen) atoms. The van der Waals surface area contributed by atoms with Gasteiger partial charge in [0.1, 0.15) is 17.7 Å². The lowest BCUT2D eigenvalue weighted by atomic mass is 10.1. The van der Waals surface area contributed by atoms with Gasteiger partial charge >= 0.3 is 6.18 Å². The molecule has 2 aromatic carbocycles. The number of pyridine rings is 1. The maximum atomic E-state index is 13.1. The van der Waals surface area contributed by atoms with Crippen molar-refractivity contribution in [2.45, 2.75) is 39.0 Å². The van der Waals surface area contributed by atoms with E-state index in [1.165, 1.54) is 12.1 Å². The average Bonchev–Trinajstić information content (AvgIpc) is 2.81. The number of nitrogens with zero attached hydrogens (tertiary/aromatic N) is 2. The molecule has 0 saturated carbocycles. The van der Waals surface area contributed by atoms with Crippen LogP contribution in [0.15, 0.2) is 72.9 Å². The Hall–Kier alpha value is -3.02. The largest absolute Gasteiger partial charge is 0.490 e. The predicted molar refractivity (Wildman–Crippen MR) is 118 cm³/mol. The maximum Gasteiger partial charge on any atom is 0.419 e. The number of hydrogen-bond acceptors (Lipinski definition) is 3. The SMILES string of the molecule is CC.FC(F)(F)c1ccccc1OC1CCN(c2ccc(-c3ccccc3)cn2)CC1. The summed E-state index contributed by atoms with van der Waals surface area (Å²) in [7, 11) is 0. The van der Waals surface area contributed by atoms with Crippen LogP contribution in [0.2, 0.25) is 0 Å². The summed E-state index contributed by atoms with van der Waals surface area (Å²) in [5.74, 6) is 0.780. The Morgan fingerprint density at radius 1 is 0.839 bits per heavy atom. The smallest absolute Gasteiger partial charge is 0.419 e. The topological polar surface area (TPSA) is 25.4 Å². The highest BCUT2D eigenvalue weighted by molar-refractivity contribution is 5.63. The third-order valence-corrected chi connectivity index (χ3v) is 5.11. The molecule has 0 N–H and O–H groups in total. The Labute approximate surface area is 181 Å². The van der Waals surface area contributed by atoms with Crippen LogP contribution in [0.1, 0.15) is 32.3 Å². The molecule has 0 spiro atoms. The molecule has 3 nitrogen and oxygen atoms in total. The van der Waals surface area contributed by atoms with Crippen molar-refractivity contribution >= 4 is 5.82 Å². The van der Waals surface area contributed by atoms with Crippen molar-refractivity contribution in [3.63, 3.8) is 0 Å². The molecule has 0 radical (unpaired) electrons. The van der Waals surface area contributed by atoms with Gasteiger partial charge in [-0.3, -0.25) is 0 Å². The summed E-state index contributed by atoms with van der Waals surface area (Å²) in [6.45, 7) is 5.38. The number of para-hydroxylation sites is 1. The Morgan fingerprint density at radius 3 is 2.10 bits per heavy atom. The molecular formula is C25H27F3N2O. The number of ether oxygens (including phenoxy) is 1. The Balaban J connectivity index is 0.00000132. The molecule has 0 atom stereocenters. The second kappa shape index (κ2) is 10.3. The highest BCUT2D eigenvalue weighted by atomic mass is 19.4. The van der Waals surface area contributed by atoms with Crippen molar-refractivity contribution in [3.8, 4) is 16.9 Å². The average molecular weight is 428 g/mol. The minimum atomic E-state index is -4.41. The zero-order valence-corrected chi connectivity index (χ0v) is 17.8. The van der Waals surface area contributed by atoms with Crippen LogP contribution in [-0.2, 0) is 6.18 Å². The first-order valence-corrected chi connectivity index (χ1v) is 10.6. The summed E-state index contributed by atoms with van der Waals surface area (Å²) >= 11 is 0. The van der Waals surface area contributed by atoms with E-state index in [4.69, 9.17) is 4.74 Å². The molecule has 1 aliphatic heterocycles. The van der Waals surface area contributed by atoms with Crippen molar-refractivity contribution < 1.29 is 17.9 Å². The van der Waals surface area contributed by atoms with Crippen molar-refractivity contribution in [3.05, 3.63) is 78.5 Å². The molecule has 0 bridgehead atoms. The van der Waals surface area contributed by atoms with E-state index in [1.807, 2.05) is 62.5 Å². The molecule has 4 rings (SSSR count). The number of aromatic nitrogens is 1. The van der Waals surface area contributed by atoms with Crippen molar-refractivity contribution in [1.29, 1.82) is 0 Å². The van der Waals surface area contributed by atoms with Crippen LogP contribution in [0.3, 0.4) is 0 Å². The van der Waals surface area contributed by atoms with Gasteiger partial charge in [-0.15, -0.1) is 0 Å². The van der Waals surface area contributed by atoms with Crippen LogP contribution in [-0.4, -0.2) is 24.2 Å². The number of rotatable bonds is 4. The van der Waals surface area contributed by atoms with Gasteiger partial charge in [-0.2, -0.15) is 13.2 Å². The van der Waals surface area contributed by atoms with Gasteiger partial charge in [0.05, 0.1) is 5.56 Å². The molecule has 2 heterocycles. The molecular weight excluding hydrogens is 401 g/mol. The summed E-state index contributed by atoms with van der Waals surface area (Å²) in [4.78, 5) is 6.71. The first-order valence-electron chi connectivity index (χ1n) is 10.6. The van der Waals surface area contributed by atoms with Crippen LogP contribution < -0.4 is 9.64 Å². The van der Waals surface area contributed by atoms with Gasteiger partial charge in [0.25, 0.3) is 0 Å². The van der Waals surface area contributed by atoms with Crippen LogP contribution in [0.5, 0.6) is 5.75 Å². The van der Waals surface area contributed by atoms with Gasteiger partial charge in [-0.25, -0.2) is 4.98 Å². The second-order valence-corrected chi connectivity index (χ2v) is 7.07. The van der Waals surface area contributed by atoms with Crippen LogP contribution >= 0.6 is 0 Å². The van der Waals surface area contributed by atoms with Crippen molar-refractivity contribution in [2.24, 2.45) is 0 Å². The van der Waals surface area contributed by atoms with E-state index in [1.54, 1.807) is 6.07 Å². The van der Waals surface area contributed by atoms with Gasteiger partial charge in [0.15, 0.2) is 0 Å². The quantitative estimate of drug-likeness (QED) is 0.455. The van der Waals surface area contributed by atoms with E-state index < -0.39 is 11.7 Å². The molecule has 1 aliphatic rings. The summed E-state index contributed by atoms with van der Waals surface area (Å²) in [5, 5.41) is 0. The molecule has 0 amide bonds. The van der Waals surface area contributed by atoms with Gasteiger partial charge in [0, 0.05) is 37.7 Å². The third kappa shape index (κ3) is 5.78. The Bertz CT molecular complexity index is 935. The fourth-order valence-electron chi connectivity index (χ4n) is 3.56. The number of piperidine rings is 1. The highest BCUT2D eigenvalue weighted by Crippen LogP contribution is 2.37. The lowest BCUT2D eigenvalue weighted by Gasteiger charge is -2.33. The molecule has 0 aliphatic carbocycles. The minimum Gasteiger partial charge on any atom is -0.490 e. The van der Waals surface area contributed by atoms with E-state index >= 15 is 0 Å². The minimum absolute atomic E-state index is 0.0937.